The molecule has 1 aliphatic rings. The van der Waals surface area contributed by atoms with Gasteiger partial charge in [-0.2, -0.15) is 13.2 Å². The van der Waals surface area contributed by atoms with Gasteiger partial charge in [0, 0.05) is 11.7 Å². The number of H-pyrrole nitrogens is 1. The number of carbonyl (C=O) groups is 1. The van der Waals surface area contributed by atoms with Crippen molar-refractivity contribution in [2.24, 2.45) is 5.92 Å². The number of hydrogen-bond donors (Lipinski definition) is 2. The molecule has 1 aliphatic carbocycles. The number of aromatic nitrogens is 1. The molecule has 1 fully saturated rings. The smallest absolute Gasteiger partial charge is 0.349 e. The molecule has 0 spiro atoms. The molecule has 0 saturated heterocycles. The first-order valence-corrected chi connectivity index (χ1v) is 6.85. The van der Waals surface area contributed by atoms with Gasteiger partial charge in [0.1, 0.15) is 5.56 Å². The number of aryl methyl sites for hydroxylation is 1. The van der Waals surface area contributed by atoms with Gasteiger partial charge in [0.05, 0.1) is 5.92 Å². The van der Waals surface area contributed by atoms with Crippen molar-refractivity contribution in [2.75, 3.05) is 0 Å². The van der Waals surface area contributed by atoms with Crippen LogP contribution in [0.1, 0.15) is 41.7 Å². The minimum atomic E-state index is -4.23. The topological polar surface area (TPSA) is 62.0 Å². The van der Waals surface area contributed by atoms with Crippen LogP contribution < -0.4 is 10.9 Å². The van der Waals surface area contributed by atoms with Gasteiger partial charge in [0.2, 0.25) is 0 Å². The molecule has 21 heavy (non-hydrogen) atoms. The first-order valence-electron chi connectivity index (χ1n) is 6.85. The van der Waals surface area contributed by atoms with Gasteiger partial charge in [-0.25, -0.2) is 0 Å². The van der Waals surface area contributed by atoms with E-state index < -0.39 is 29.6 Å². The Balaban J connectivity index is 2.04. The Labute approximate surface area is 119 Å². The molecule has 0 radical (unpaired) electrons. The molecule has 0 aromatic carbocycles. The summed E-state index contributed by atoms with van der Waals surface area (Å²) in [7, 11) is 0. The summed E-state index contributed by atoms with van der Waals surface area (Å²) in [4.78, 5) is 26.1. The Morgan fingerprint density at radius 2 is 2.05 bits per heavy atom. The van der Waals surface area contributed by atoms with Crippen molar-refractivity contribution in [3.63, 3.8) is 0 Å². The average Bonchev–Trinajstić information content (AvgIpc) is 2.37. The van der Waals surface area contributed by atoms with Crippen molar-refractivity contribution >= 4 is 5.91 Å². The maximum atomic E-state index is 12.7. The number of carbonyl (C=O) groups excluding carboxylic acids is 1. The summed E-state index contributed by atoms with van der Waals surface area (Å²) in [6, 6.07) is 2.42. The lowest BCUT2D eigenvalue weighted by Gasteiger charge is -2.30. The van der Waals surface area contributed by atoms with Gasteiger partial charge < -0.3 is 10.3 Å². The number of nitrogens with one attached hydrogen (secondary N) is 2. The fourth-order valence-electron chi connectivity index (χ4n) is 2.63. The molecule has 4 nitrogen and oxygen atoms in total. The molecular weight excluding hydrogens is 285 g/mol. The van der Waals surface area contributed by atoms with Gasteiger partial charge in [-0.15, -0.1) is 0 Å². The number of hydrogen-bond acceptors (Lipinski definition) is 2. The van der Waals surface area contributed by atoms with E-state index in [0.717, 1.165) is 0 Å². The van der Waals surface area contributed by atoms with E-state index >= 15 is 0 Å². The van der Waals surface area contributed by atoms with Crippen LogP contribution in [-0.4, -0.2) is 23.1 Å². The number of alkyl halides is 3. The van der Waals surface area contributed by atoms with E-state index in [1.165, 1.54) is 6.07 Å². The lowest BCUT2D eigenvalue weighted by molar-refractivity contribution is -0.183. The highest BCUT2D eigenvalue weighted by atomic mass is 19.4. The van der Waals surface area contributed by atoms with E-state index in [1.54, 1.807) is 13.0 Å². The van der Waals surface area contributed by atoms with Crippen molar-refractivity contribution in [1.82, 2.24) is 10.3 Å². The zero-order chi connectivity index (χ0) is 15.6. The Morgan fingerprint density at radius 3 is 2.67 bits per heavy atom. The predicted octanol–water partition coefficient (Wildman–Crippen LogP) is 2.53. The van der Waals surface area contributed by atoms with E-state index in [0.29, 0.717) is 18.5 Å². The molecular formula is C14H17F3N2O2. The van der Waals surface area contributed by atoms with E-state index in [-0.39, 0.29) is 18.4 Å². The first kappa shape index (κ1) is 15.6. The van der Waals surface area contributed by atoms with Gasteiger partial charge >= 0.3 is 6.18 Å². The molecule has 1 saturated carbocycles. The van der Waals surface area contributed by atoms with Crippen molar-refractivity contribution in [2.45, 2.75) is 44.8 Å². The summed E-state index contributed by atoms with van der Waals surface area (Å²) in [6.45, 7) is 1.68. The highest BCUT2D eigenvalue weighted by Crippen LogP contribution is 2.37. The number of halogens is 3. The Kier molecular flexibility index (Phi) is 4.39. The largest absolute Gasteiger partial charge is 0.391 e. The molecule has 2 N–H and O–H groups in total. The van der Waals surface area contributed by atoms with Crippen LogP contribution in [0.25, 0.3) is 0 Å². The van der Waals surface area contributed by atoms with Crippen LogP contribution in [0.15, 0.2) is 16.9 Å². The summed E-state index contributed by atoms with van der Waals surface area (Å²) in [5, 5.41) is 2.54. The van der Waals surface area contributed by atoms with Gasteiger partial charge in [0.15, 0.2) is 0 Å². The summed E-state index contributed by atoms with van der Waals surface area (Å²) in [6.07, 6.45) is -3.34. The third kappa shape index (κ3) is 3.86. The normalized spacial score (nSPS) is 22.9. The number of amides is 1. The lowest BCUT2D eigenvalue weighted by Crippen LogP contribution is -2.42. The van der Waals surface area contributed by atoms with E-state index in [1.807, 2.05) is 0 Å². The van der Waals surface area contributed by atoms with E-state index in [4.69, 9.17) is 0 Å². The third-order valence-electron chi connectivity index (χ3n) is 3.77. The molecule has 1 aromatic heterocycles. The van der Waals surface area contributed by atoms with Crippen molar-refractivity contribution in [1.29, 1.82) is 0 Å². The molecule has 1 aromatic rings. The first-order chi connectivity index (χ1) is 9.77. The fraction of sp³-hybridized carbons (Fsp3) is 0.571. The number of pyridine rings is 1. The van der Waals surface area contributed by atoms with Crippen LogP contribution >= 0.6 is 0 Å². The van der Waals surface area contributed by atoms with Crippen LogP contribution in [0, 0.1) is 12.8 Å². The monoisotopic (exact) mass is 302 g/mol. The highest BCUT2D eigenvalue weighted by molar-refractivity contribution is 5.93. The quantitative estimate of drug-likeness (QED) is 0.882. The summed E-state index contributed by atoms with van der Waals surface area (Å²) in [5.74, 6) is -2.00. The second-order valence-electron chi connectivity index (χ2n) is 5.46. The van der Waals surface area contributed by atoms with Crippen LogP contribution in [0.5, 0.6) is 0 Å². The number of rotatable bonds is 2. The lowest BCUT2D eigenvalue weighted by atomic mass is 9.85. The molecule has 1 amide bonds. The summed E-state index contributed by atoms with van der Waals surface area (Å²) >= 11 is 0. The number of aromatic amines is 1. The third-order valence-corrected chi connectivity index (χ3v) is 3.77. The van der Waals surface area contributed by atoms with Crippen molar-refractivity contribution in [3.8, 4) is 0 Å². The Hall–Kier alpha value is -1.79. The van der Waals surface area contributed by atoms with Crippen LogP contribution in [-0.2, 0) is 0 Å². The molecule has 2 atom stereocenters. The SMILES string of the molecule is Cc1ccc(C(=O)N[C@@H]2CCC[C@@H](C(F)(F)F)C2)c(=O)[nH]1. The molecule has 7 heteroatoms. The average molecular weight is 302 g/mol. The Bertz CT molecular complexity index is 580. The molecule has 2 rings (SSSR count). The molecule has 0 bridgehead atoms. The van der Waals surface area contributed by atoms with Crippen molar-refractivity contribution < 1.29 is 18.0 Å². The van der Waals surface area contributed by atoms with Gasteiger partial charge in [-0.3, -0.25) is 9.59 Å². The highest BCUT2D eigenvalue weighted by Gasteiger charge is 2.42. The molecule has 0 aliphatic heterocycles. The zero-order valence-electron chi connectivity index (χ0n) is 11.6. The Morgan fingerprint density at radius 1 is 1.33 bits per heavy atom. The summed E-state index contributed by atoms with van der Waals surface area (Å²) in [5.41, 5.74) is 0.0109. The maximum absolute atomic E-state index is 12.7. The maximum Gasteiger partial charge on any atom is 0.391 e. The van der Waals surface area contributed by atoms with Gasteiger partial charge in [-0.1, -0.05) is 6.42 Å². The molecule has 0 unspecified atom stereocenters. The fourth-order valence-corrected chi connectivity index (χ4v) is 2.63. The predicted molar refractivity (Wildman–Crippen MR) is 71.1 cm³/mol. The van der Waals surface area contributed by atoms with Crippen LogP contribution in [0.4, 0.5) is 13.2 Å². The van der Waals surface area contributed by atoms with Gasteiger partial charge in [-0.05, 0) is 38.3 Å². The van der Waals surface area contributed by atoms with Crippen LogP contribution in [0.2, 0.25) is 0 Å². The minimum Gasteiger partial charge on any atom is -0.349 e. The summed E-state index contributed by atoms with van der Waals surface area (Å²) < 4.78 is 38.1. The second-order valence-corrected chi connectivity index (χ2v) is 5.46. The van der Waals surface area contributed by atoms with Crippen molar-refractivity contribution in [3.05, 3.63) is 33.7 Å². The molecule has 1 heterocycles. The minimum absolute atomic E-state index is 0.0743. The molecule has 116 valence electrons. The van der Waals surface area contributed by atoms with E-state index in [9.17, 15) is 22.8 Å². The second kappa shape index (κ2) is 5.91. The standard InChI is InChI=1S/C14H17F3N2O2/c1-8-5-6-11(12(20)18-8)13(21)19-10-4-2-3-9(7-10)14(15,16)17/h5-6,9-10H,2-4,7H2,1H3,(H,18,20)(H,19,21)/t9-,10-/m1/s1. The van der Waals surface area contributed by atoms with Crippen LogP contribution in [0.3, 0.4) is 0 Å². The van der Waals surface area contributed by atoms with E-state index in [2.05, 4.69) is 10.3 Å². The zero-order valence-corrected chi connectivity index (χ0v) is 11.6. The van der Waals surface area contributed by atoms with Gasteiger partial charge in [0.25, 0.3) is 11.5 Å².